The lowest BCUT2D eigenvalue weighted by Gasteiger charge is -2.32. The molecule has 1 aromatic carbocycles. The fourth-order valence-corrected chi connectivity index (χ4v) is 3.83. The van der Waals surface area contributed by atoms with E-state index < -0.39 is 0 Å². The third kappa shape index (κ3) is 3.13. The molecule has 5 nitrogen and oxygen atoms in total. The SMILES string of the molecule is Clc1ccccc1CN1CCC(c2nnc3n2CCNC3)CC1. The average Bonchev–Trinajstić information content (AvgIpc) is 3.02. The summed E-state index contributed by atoms with van der Waals surface area (Å²) in [6.07, 6.45) is 2.30. The average molecular weight is 332 g/mol. The molecule has 0 unspecified atom stereocenters. The van der Waals surface area contributed by atoms with Crippen LogP contribution < -0.4 is 5.32 Å². The van der Waals surface area contributed by atoms with Gasteiger partial charge in [-0.25, -0.2) is 0 Å². The van der Waals surface area contributed by atoms with Crippen molar-refractivity contribution in [2.75, 3.05) is 19.6 Å². The van der Waals surface area contributed by atoms with E-state index in [0.717, 1.165) is 63.0 Å². The number of benzene rings is 1. The van der Waals surface area contributed by atoms with E-state index in [4.69, 9.17) is 11.6 Å². The highest BCUT2D eigenvalue weighted by atomic mass is 35.5. The molecule has 3 heterocycles. The van der Waals surface area contributed by atoms with Gasteiger partial charge in [0.25, 0.3) is 0 Å². The third-order valence-electron chi connectivity index (χ3n) is 4.96. The molecule has 6 heteroatoms. The van der Waals surface area contributed by atoms with Crippen LogP contribution in [0.25, 0.3) is 0 Å². The van der Waals surface area contributed by atoms with Crippen LogP contribution in [0, 0.1) is 0 Å². The van der Waals surface area contributed by atoms with Crippen LogP contribution in [-0.4, -0.2) is 39.3 Å². The van der Waals surface area contributed by atoms with Crippen molar-refractivity contribution in [3.8, 4) is 0 Å². The number of hydrogen-bond donors (Lipinski definition) is 1. The number of hydrogen-bond acceptors (Lipinski definition) is 4. The predicted molar refractivity (Wildman–Crippen MR) is 90.4 cm³/mol. The van der Waals surface area contributed by atoms with Crippen LogP contribution in [0.15, 0.2) is 24.3 Å². The van der Waals surface area contributed by atoms with Gasteiger partial charge in [-0.05, 0) is 37.6 Å². The number of halogens is 1. The first-order chi connectivity index (χ1) is 11.3. The molecule has 0 bridgehead atoms. The van der Waals surface area contributed by atoms with Gasteiger partial charge in [0.1, 0.15) is 11.6 Å². The first kappa shape index (κ1) is 15.1. The molecule has 0 aliphatic carbocycles. The van der Waals surface area contributed by atoms with Gasteiger partial charge < -0.3 is 9.88 Å². The standard InChI is InChI=1S/C17H22ClN5/c18-15-4-2-1-3-14(15)12-22-8-5-13(6-9-22)17-21-20-16-11-19-7-10-23(16)17/h1-4,13,19H,5-12H2. The third-order valence-corrected chi connectivity index (χ3v) is 5.32. The highest BCUT2D eigenvalue weighted by molar-refractivity contribution is 6.31. The molecule has 1 fully saturated rings. The summed E-state index contributed by atoms with van der Waals surface area (Å²) in [6.45, 7) is 5.99. The lowest BCUT2D eigenvalue weighted by atomic mass is 9.95. The van der Waals surface area contributed by atoms with Crippen LogP contribution in [0.2, 0.25) is 5.02 Å². The van der Waals surface area contributed by atoms with Gasteiger partial charge in [-0.1, -0.05) is 29.8 Å². The molecule has 1 saturated heterocycles. The topological polar surface area (TPSA) is 46.0 Å². The number of likely N-dealkylation sites (tertiary alicyclic amines) is 1. The summed E-state index contributed by atoms with van der Waals surface area (Å²) < 4.78 is 2.32. The van der Waals surface area contributed by atoms with E-state index in [1.165, 1.54) is 11.4 Å². The van der Waals surface area contributed by atoms with Crippen molar-refractivity contribution in [3.05, 3.63) is 46.5 Å². The summed E-state index contributed by atoms with van der Waals surface area (Å²) in [5, 5.41) is 13.0. The summed E-state index contributed by atoms with van der Waals surface area (Å²) in [5.41, 5.74) is 1.22. The van der Waals surface area contributed by atoms with Gasteiger partial charge in [-0.15, -0.1) is 10.2 Å². The van der Waals surface area contributed by atoms with E-state index in [0.29, 0.717) is 5.92 Å². The van der Waals surface area contributed by atoms with Gasteiger partial charge in [0, 0.05) is 30.6 Å². The molecular weight excluding hydrogens is 310 g/mol. The van der Waals surface area contributed by atoms with Crippen LogP contribution >= 0.6 is 11.6 Å². The molecular formula is C17H22ClN5. The first-order valence-corrected chi connectivity index (χ1v) is 8.77. The lowest BCUT2D eigenvalue weighted by molar-refractivity contribution is 0.199. The van der Waals surface area contributed by atoms with Gasteiger partial charge in [-0.3, -0.25) is 4.90 Å². The Kier molecular flexibility index (Phi) is 4.33. The van der Waals surface area contributed by atoms with Gasteiger partial charge in [0.2, 0.25) is 0 Å². The number of piperidine rings is 1. The molecule has 1 aromatic heterocycles. The highest BCUT2D eigenvalue weighted by Gasteiger charge is 2.27. The van der Waals surface area contributed by atoms with Crippen molar-refractivity contribution in [2.45, 2.75) is 38.4 Å². The van der Waals surface area contributed by atoms with Crippen LogP contribution in [0.5, 0.6) is 0 Å². The zero-order chi connectivity index (χ0) is 15.6. The minimum atomic E-state index is 0.539. The monoisotopic (exact) mass is 331 g/mol. The number of fused-ring (bicyclic) bond motifs is 1. The Morgan fingerprint density at radius 3 is 2.78 bits per heavy atom. The molecule has 4 rings (SSSR count). The summed E-state index contributed by atoms with van der Waals surface area (Å²) >= 11 is 6.28. The molecule has 122 valence electrons. The Labute approximate surface area is 141 Å². The minimum Gasteiger partial charge on any atom is -0.312 e. The predicted octanol–water partition coefficient (Wildman–Crippen LogP) is 2.41. The molecule has 2 aromatic rings. The van der Waals surface area contributed by atoms with Gasteiger partial charge >= 0.3 is 0 Å². The lowest BCUT2D eigenvalue weighted by Crippen LogP contribution is -2.34. The molecule has 23 heavy (non-hydrogen) atoms. The maximum atomic E-state index is 6.28. The van der Waals surface area contributed by atoms with Crippen molar-refractivity contribution in [1.29, 1.82) is 0 Å². The van der Waals surface area contributed by atoms with Crippen LogP contribution in [0.3, 0.4) is 0 Å². The maximum absolute atomic E-state index is 6.28. The molecule has 0 amide bonds. The fourth-order valence-electron chi connectivity index (χ4n) is 3.63. The van der Waals surface area contributed by atoms with Gasteiger partial charge in [0.15, 0.2) is 0 Å². The number of nitrogens with zero attached hydrogens (tertiary/aromatic N) is 4. The van der Waals surface area contributed by atoms with Crippen molar-refractivity contribution in [3.63, 3.8) is 0 Å². The van der Waals surface area contributed by atoms with E-state index in [-0.39, 0.29) is 0 Å². The Balaban J connectivity index is 1.40. The van der Waals surface area contributed by atoms with Crippen LogP contribution in [0.4, 0.5) is 0 Å². The molecule has 0 spiro atoms. The van der Waals surface area contributed by atoms with Gasteiger partial charge in [0.05, 0.1) is 6.54 Å². The summed E-state index contributed by atoms with van der Waals surface area (Å²) in [7, 11) is 0. The normalized spacial score (nSPS) is 19.7. The minimum absolute atomic E-state index is 0.539. The van der Waals surface area contributed by atoms with Crippen LogP contribution in [0.1, 0.15) is 36.0 Å². The summed E-state index contributed by atoms with van der Waals surface area (Å²) in [6, 6.07) is 8.14. The van der Waals surface area contributed by atoms with Gasteiger partial charge in [-0.2, -0.15) is 0 Å². The fraction of sp³-hybridized carbons (Fsp3) is 0.529. The summed E-state index contributed by atoms with van der Waals surface area (Å²) in [5.74, 6) is 2.82. The Bertz CT molecular complexity index is 675. The second-order valence-corrected chi connectivity index (χ2v) is 6.85. The molecule has 2 aliphatic heterocycles. The zero-order valence-electron chi connectivity index (χ0n) is 13.2. The van der Waals surface area contributed by atoms with E-state index >= 15 is 0 Å². The Morgan fingerprint density at radius 1 is 1.13 bits per heavy atom. The molecule has 1 N–H and O–H groups in total. The van der Waals surface area contributed by atoms with Crippen LogP contribution in [-0.2, 0) is 19.6 Å². The second-order valence-electron chi connectivity index (χ2n) is 6.44. The van der Waals surface area contributed by atoms with Crippen molar-refractivity contribution >= 4 is 11.6 Å². The Hall–Kier alpha value is -1.43. The maximum Gasteiger partial charge on any atom is 0.147 e. The van der Waals surface area contributed by atoms with E-state index in [2.05, 4.69) is 37.1 Å². The second kappa shape index (κ2) is 6.59. The van der Waals surface area contributed by atoms with E-state index in [9.17, 15) is 0 Å². The quantitative estimate of drug-likeness (QED) is 0.938. The largest absolute Gasteiger partial charge is 0.312 e. The smallest absolute Gasteiger partial charge is 0.147 e. The van der Waals surface area contributed by atoms with Crippen molar-refractivity contribution in [1.82, 2.24) is 25.0 Å². The number of rotatable bonds is 3. The molecule has 0 radical (unpaired) electrons. The Morgan fingerprint density at radius 2 is 1.96 bits per heavy atom. The van der Waals surface area contributed by atoms with E-state index in [1.54, 1.807) is 0 Å². The number of nitrogens with one attached hydrogen (secondary N) is 1. The summed E-state index contributed by atoms with van der Waals surface area (Å²) in [4.78, 5) is 2.49. The van der Waals surface area contributed by atoms with E-state index in [1.807, 2.05) is 12.1 Å². The zero-order valence-corrected chi connectivity index (χ0v) is 14.0. The molecule has 0 saturated carbocycles. The van der Waals surface area contributed by atoms with Crippen molar-refractivity contribution < 1.29 is 0 Å². The van der Waals surface area contributed by atoms with Crippen molar-refractivity contribution in [2.24, 2.45) is 0 Å². The highest BCUT2D eigenvalue weighted by Crippen LogP contribution is 2.29. The molecule has 0 atom stereocenters. The molecule has 2 aliphatic rings. The number of aromatic nitrogens is 3. The first-order valence-electron chi connectivity index (χ1n) is 8.40.